The first kappa shape index (κ1) is 26.5. The number of benzene rings is 6. The largest absolute Gasteiger partial charge is 0.456 e. The smallest absolute Gasteiger partial charge is 0.167 e. The maximum absolute atomic E-state index is 6.45. The number of hydrogen-bond acceptors (Lipinski definition) is 7. The molecule has 6 aromatic carbocycles. The summed E-state index contributed by atoms with van der Waals surface area (Å²) in [5, 5.41) is 5.39. The van der Waals surface area contributed by atoms with Crippen molar-refractivity contribution in [3.05, 3.63) is 133 Å². The molecule has 0 saturated carbocycles. The van der Waals surface area contributed by atoms with E-state index in [1.54, 1.807) is 22.7 Å². The van der Waals surface area contributed by atoms with Crippen molar-refractivity contribution >= 4 is 75.0 Å². The number of fused-ring (bicyclic) bond motifs is 7. The van der Waals surface area contributed by atoms with Crippen LogP contribution in [0.2, 0.25) is 0 Å². The van der Waals surface area contributed by atoms with Gasteiger partial charge in [-0.3, -0.25) is 0 Å². The van der Waals surface area contributed by atoms with Crippen LogP contribution >= 0.6 is 22.7 Å². The second kappa shape index (κ2) is 10.4. The Morgan fingerprint density at radius 1 is 0.426 bits per heavy atom. The number of thiazole rings is 1. The van der Waals surface area contributed by atoms with Crippen LogP contribution in [0.1, 0.15) is 0 Å². The Labute approximate surface area is 276 Å². The highest BCUT2D eigenvalue weighted by Gasteiger charge is 2.23. The average Bonchev–Trinajstić information content (AvgIpc) is 3.84. The van der Waals surface area contributed by atoms with Gasteiger partial charge in [0.05, 0.1) is 15.8 Å². The summed E-state index contributed by atoms with van der Waals surface area (Å²) in [6.07, 6.45) is 0. The lowest BCUT2D eigenvalue weighted by Crippen LogP contribution is -2.01. The monoisotopic (exact) mass is 638 g/mol. The Kier molecular flexibility index (Phi) is 5.85. The predicted molar refractivity (Wildman–Crippen MR) is 195 cm³/mol. The number of rotatable bonds is 4. The number of aromatic nitrogens is 4. The molecule has 0 unspecified atom stereocenters. The number of furan rings is 1. The Morgan fingerprint density at radius 3 is 1.91 bits per heavy atom. The Balaban J connectivity index is 1.28. The molecule has 0 N–H and O–H groups in total. The van der Waals surface area contributed by atoms with Crippen LogP contribution in [0.15, 0.2) is 138 Å². The number of hydrogen-bond donors (Lipinski definition) is 0. The van der Waals surface area contributed by atoms with Crippen LogP contribution in [-0.2, 0) is 0 Å². The zero-order valence-electron chi connectivity index (χ0n) is 24.7. The minimum absolute atomic E-state index is 0.567. The van der Waals surface area contributed by atoms with Gasteiger partial charge < -0.3 is 4.42 Å². The molecule has 0 atom stereocenters. The molecule has 10 rings (SSSR count). The lowest BCUT2D eigenvalue weighted by Gasteiger charge is -2.10. The van der Waals surface area contributed by atoms with Crippen LogP contribution in [0.5, 0.6) is 0 Å². The van der Waals surface area contributed by atoms with E-state index in [2.05, 4.69) is 66.7 Å². The van der Waals surface area contributed by atoms with Gasteiger partial charge in [0, 0.05) is 53.7 Å². The molecule has 0 radical (unpaired) electrons. The third-order valence-electron chi connectivity index (χ3n) is 8.57. The maximum atomic E-state index is 6.45. The first-order valence-corrected chi connectivity index (χ1v) is 16.9. The van der Waals surface area contributed by atoms with E-state index in [1.807, 2.05) is 66.7 Å². The first-order chi connectivity index (χ1) is 23.3. The highest BCUT2D eigenvalue weighted by molar-refractivity contribution is 7.25. The molecule has 0 bridgehead atoms. The average molecular weight is 639 g/mol. The van der Waals surface area contributed by atoms with Crippen LogP contribution in [0.3, 0.4) is 0 Å². The van der Waals surface area contributed by atoms with Crippen molar-refractivity contribution in [1.82, 2.24) is 19.9 Å². The van der Waals surface area contributed by atoms with Gasteiger partial charge in [0.2, 0.25) is 0 Å². The molecular formula is C40H22N4OS2. The van der Waals surface area contributed by atoms with E-state index in [4.69, 9.17) is 24.4 Å². The summed E-state index contributed by atoms with van der Waals surface area (Å²) >= 11 is 3.43. The van der Waals surface area contributed by atoms with Crippen molar-refractivity contribution in [3.8, 4) is 44.7 Å². The van der Waals surface area contributed by atoms with Crippen molar-refractivity contribution < 1.29 is 4.42 Å². The quantitative estimate of drug-likeness (QED) is 0.192. The van der Waals surface area contributed by atoms with Gasteiger partial charge in [0.25, 0.3) is 0 Å². The lowest BCUT2D eigenvalue weighted by molar-refractivity contribution is 0.669. The van der Waals surface area contributed by atoms with E-state index in [0.29, 0.717) is 17.5 Å². The van der Waals surface area contributed by atoms with Gasteiger partial charge in [-0.05, 0) is 18.2 Å². The molecule has 4 aromatic heterocycles. The molecular weight excluding hydrogens is 617 g/mol. The molecule has 0 amide bonds. The molecule has 0 aliphatic carbocycles. The number of nitrogens with zero attached hydrogens (tertiary/aromatic N) is 4. The van der Waals surface area contributed by atoms with Crippen LogP contribution in [0, 0.1) is 0 Å². The summed E-state index contributed by atoms with van der Waals surface area (Å²) in [5.41, 5.74) is 6.23. The van der Waals surface area contributed by atoms with Crippen molar-refractivity contribution in [3.63, 3.8) is 0 Å². The summed E-state index contributed by atoms with van der Waals surface area (Å²) in [6, 6.07) is 45.7. The van der Waals surface area contributed by atoms with Crippen LogP contribution in [-0.4, -0.2) is 19.9 Å². The maximum Gasteiger partial charge on any atom is 0.167 e. The van der Waals surface area contributed by atoms with Crippen LogP contribution < -0.4 is 0 Å². The Morgan fingerprint density at radius 2 is 1.09 bits per heavy atom. The fourth-order valence-corrected chi connectivity index (χ4v) is 8.55. The summed E-state index contributed by atoms with van der Waals surface area (Å²) in [5.74, 6) is 1.79. The molecule has 10 aromatic rings. The fraction of sp³-hybridized carbons (Fsp3) is 0. The van der Waals surface area contributed by atoms with Gasteiger partial charge in [-0.2, -0.15) is 0 Å². The molecule has 220 valence electrons. The van der Waals surface area contributed by atoms with E-state index in [-0.39, 0.29) is 0 Å². The summed E-state index contributed by atoms with van der Waals surface area (Å²) in [4.78, 5) is 20.7. The normalized spacial score (nSPS) is 11.8. The van der Waals surface area contributed by atoms with Crippen molar-refractivity contribution in [2.45, 2.75) is 0 Å². The van der Waals surface area contributed by atoms with Crippen LogP contribution in [0.4, 0.5) is 0 Å². The van der Waals surface area contributed by atoms with E-state index in [9.17, 15) is 0 Å². The van der Waals surface area contributed by atoms with Crippen molar-refractivity contribution in [2.24, 2.45) is 0 Å². The molecule has 0 spiro atoms. The highest BCUT2D eigenvalue weighted by atomic mass is 32.1. The summed E-state index contributed by atoms with van der Waals surface area (Å²) < 4.78 is 9.93. The summed E-state index contributed by atoms with van der Waals surface area (Å²) in [7, 11) is 0. The minimum Gasteiger partial charge on any atom is -0.456 e. The van der Waals surface area contributed by atoms with Gasteiger partial charge in [-0.25, -0.2) is 19.9 Å². The van der Waals surface area contributed by atoms with Gasteiger partial charge in [0.1, 0.15) is 16.2 Å². The molecule has 0 aliphatic rings. The number of para-hydroxylation sites is 1. The molecule has 0 saturated heterocycles. The third-order valence-corrected chi connectivity index (χ3v) is 10.8. The minimum atomic E-state index is 0.567. The molecule has 47 heavy (non-hydrogen) atoms. The zero-order valence-corrected chi connectivity index (χ0v) is 26.3. The number of thiophene rings is 1. The van der Waals surface area contributed by atoms with Gasteiger partial charge in [0.15, 0.2) is 17.5 Å². The van der Waals surface area contributed by atoms with Crippen molar-refractivity contribution in [1.29, 1.82) is 0 Å². The highest BCUT2D eigenvalue weighted by Crippen LogP contribution is 2.44. The Hall–Kier alpha value is -5.76. The van der Waals surface area contributed by atoms with E-state index in [1.165, 1.54) is 20.2 Å². The van der Waals surface area contributed by atoms with Crippen LogP contribution in [0.25, 0.3) is 97.1 Å². The standard InChI is InChI=1S/C40H22N4OS2/c1-3-11-23(12-4-1)37-42-38(25-19-20-27-26-15-8-10-18-31(26)46-32(27)21-25)44-39(43-37)35-34-28-16-7-9-17-29(28)45-30(34)22-33-36(35)41-40(47-33)24-13-5-2-6-14-24/h1-22H. The Bertz CT molecular complexity index is 2800. The van der Waals surface area contributed by atoms with Gasteiger partial charge in [-0.1, -0.05) is 109 Å². The fourth-order valence-electron chi connectivity index (χ4n) is 6.39. The second-order valence-electron chi connectivity index (χ2n) is 11.4. The van der Waals surface area contributed by atoms with E-state index >= 15 is 0 Å². The molecule has 5 nitrogen and oxygen atoms in total. The third kappa shape index (κ3) is 4.28. The predicted octanol–water partition coefficient (Wildman–Crippen LogP) is 11.4. The van der Waals surface area contributed by atoms with Gasteiger partial charge in [-0.15, -0.1) is 22.7 Å². The molecule has 0 fully saturated rings. The SMILES string of the molecule is c1ccc(-c2nc(-c3ccc4c(c3)sc3ccccc34)nc(-c3c4nc(-c5ccccc5)sc4cc4oc5ccccc5c34)n2)cc1. The lowest BCUT2D eigenvalue weighted by atomic mass is 10.0. The summed E-state index contributed by atoms with van der Waals surface area (Å²) in [6.45, 7) is 0. The van der Waals surface area contributed by atoms with E-state index < -0.39 is 0 Å². The molecule has 4 heterocycles. The topological polar surface area (TPSA) is 64.7 Å². The molecule has 0 aliphatic heterocycles. The molecule has 7 heteroatoms. The zero-order chi connectivity index (χ0) is 30.9. The first-order valence-electron chi connectivity index (χ1n) is 15.3. The van der Waals surface area contributed by atoms with E-state index in [0.717, 1.165) is 59.4 Å². The van der Waals surface area contributed by atoms with Gasteiger partial charge >= 0.3 is 0 Å². The van der Waals surface area contributed by atoms with Crippen molar-refractivity contribution in [2.75, 3.05) is 0 Å². The second-order valence-corrected chi connectivity index (χ2v) is 13.6.